The van der Waals surface area contributed by atoms with Crippen LogP contribution in [0.25, 0.3) is 5.57 Å². The van der Waals surface area contributed by atoms with Crippen LogP contribution in [-0.4, -0.2) is 39.0 Å². The number of carbonyl (C=O) groups is 1. The Morgan fingerprint density at radius 1 is 1.39 bits per heavy atom. The highest BCUT2D eigenvalue weighted by Gasteiger charge is 2.31. The van der Waals surface area contributed by atoms with Crippen molar-refractivity contribution in [3.05, 3.63) is 60.0 Å². The fourth-order valence-electron chi connectivity index (χ4n) is 2.32. The van der Waals surface area contributed by atoms with Crippen LogP contribution in [-0.2, 0) is 4.79 Å². The Labute approximate surface area is 185 Å². The molecule has 31 heavy (non-hydrogen) atoms. The van der Waals surface area contributed by atoms with Crippen molar-refractivity contribution in [2.75, 3.05) is 13.3 Å². The lowest BCUT2D eigenvalue weighted by Crippen LogP contribution is -2.27. The summed E-state index contributed by atoms with van der Waals surface area (Å²) in [4.78, 5) is 18.8. The molecule has 1 fully saturated rings. The van der Waals surface area contributed by atoms with Crippen LogP contribution in [0.2, 0.25) is 0 Å². The van der Waals surface area contributed by atoms with E-state index in [1.807, 2.05) is 45.2 Å². The number of hydrogen-bond acceptors (Lipinski definition) is 6. The zero-order chi connectivity index (χ0) is 23.4. The molecule has 2 rings (SSSR count). The molecule has 9 heteroatoms. The van der Waals surface area contributed by atoms with Crippen LogP contribution < -0.4 is 10.0 Å². The van der Waals surface area contributed by atoms with E-state index in [1.54, 1.807) is 13.2 Å². The van der Waals surface area contributed by atoms with Crippen molar-refractivity contribution in [1.29, 1.82) is 0 Å². The number of allylic oxidation sites excluding steroid dienone is 5. The number of aliphatic imine (C=N–C) groups is 1. The molecule has 1 aliphatic rings. The van der Waals surface area contributed by atoms with E-state index in [0.29, 0.717) is 5.56 Å². The highest BCUT2D eigenvalue weighted by atomic mass is 32.3. The predicted molar refractivity (Wildman–Crippen MR) is 127 cm³/mol. The van der Waals surface area contributed by atoms with Gasteiger partial charge in [-0.25, -0.2) is 4.39 Å². The van der Waals surface area contributed by atoms with E-state index in [1.165, 1.54) is 18.5 Å². The summed E-state index contributed by atoms with van der Waals surface area (Å²) in [6.45, 7) is 5.87. The number of nitrogens with one attached hydrogen (secondary N) is 2. The Morgan fingerprint density at radius 3 is 2.58 bits per heavy atom. The fraction of sp³-hybridized carbons (Fsp3) is 0.409. The summed E-state index contributed by atoms with van der Waals surface area (Å²) < 4.78 is 33.5. The number of carbonyl (C=O) groups excluding carboxylic acids is 1. The summed E-state index contributed by atoms with van der Waals surface area (Å²) in [6, 6.07) is 1.37. The first-order chi connectivity index (χ1) is 14.6. The topological polar surface area (TPSA) is 107 Å². The van der Waals surface area contributed by atoms with E-state index < -0.39 is 10.8 Å². The normalized spacial score (nSPS) is 15.9. The van der Waals surface area contributed by atoms with E-state index in [9.17, 15) is 9.18 Å². The Bertz CT molecular complexity index is 857. The molecule has 0 spiro atoms. The molecule has 0 bridgehead atoms. The quantitative estimate of drug-likeness (QED) is 0.331. The first-order valence-electron chi connectivity index (χ1n) is 9.97. The molecule has 0 saturated heterocycles. The van der Waals surface area contributed by atoms with Gasteiger partial charge in [-0.3, -0.25) is 28.6 Å². The molecule has 0 radical (unpaired) electrons. The van der Waals surface area contributed by atoms with Gasteiger partial charge >= 0.3 is 0 Å². The van der Waals surface area contributed by atoms with Gasteiger partial charge in [-0.1, -0.05) is 13.0 Å². The van der Waals surface area contributed by atoms with Crippen LogP contribution in [0.4, 0.5) is 4.39 Å². The number of rotatable bonds is 8. The first kappa shape index (κ1) is 26.5. The van der Waals surface area contributed by atoms with Gasteiger partial charge < -0.3 is 5.32 Å². The lowest BCUT2D eigenvalue weighted by atomic mass is 10.1. The van der Waals surface area contributed by atoms with Gasteiger partial charge in [0.1, 0.15) is 5.82 Å². The van der Waals surface area contributed by atoms with Crippen LogP contribution in [0.5, 0.6) is 0 Å². The van der Waals surface area contributed by atoms with Crippen LogP contribution in [0.3, 0.4) is 0 Å². The molecule has 7 nitrogen and oxygen atoms in total. The number of halogens is 1. The van der Waals surface area contributed by atoms with Gasteiger partial charge in [0.15, 0.2) is 0 Å². The Hall–Kier alpha value is -2.49. The van der Waals surface area contributed by atoms with Crippen LogP contribution >= 0.6 is 10.8 Å². The zero-order valence-electron chi connectivity index (χ0n) is 18.7. The van der Waals surface area contributed by atoms with Gasteiger partial charge in [0.05, 0.1) is 0 Å². The third-order valence-corrected chi connectivity index (χ3v) is 4.69. The number of hydrogen-bond donors (Lipinski definition) is 4. The number of aromatic nitrogens is 1. The van der Waals surface area contributed by atoms with E-state index in [4.69, 9.17) is 9.11 Å². The largest absolute Gasteiger partial charge is 0.365 e. The smallest absolute Gasteiger partial charge is 0.241 e. The van der Waals surface area contributed by atoms with Crippen molar-refractivity contribution in [1.82, 2.24) is 15.0 Å². The molecule has 0 unspecified atom stereocenters. The van der Waals surface area contributed by atoms with E-state index >= 15 is 0 Å². The molecule has 1 aromatic heterocycles. The minimum Gasteiger partial charge on any atom is -0.365 e. The maximum absolute atomic E-state index is 13.9. The van der Waals surface area contributed by atoms with Gasteiger partial charge in [-0.15, -0.1) is 10.8 Å². The molecule has 0 aliphatic heterocycles. The van der Waals surface area contributed by atoms with Crippen molar-refractivity contribution in [3.8, 4) is 0 Å². The average Bonchev–Trinajstić information content (AvgIpc) is 3.52. The average molecular weight is 453 g/mol. The van der Waals surface area contributed by atoms with Crippen LogP contribution in [0.15, 0.2) is 53.6 Å². The summed E-state index contributed by atoms with van der Waals surface area (Å²) in [5.41, 5.74) is 3.18. The summed E-state index contributed by atoms with van der Waals surface area (Å²) in [5.74, 6) is -0.466. The fourth-order valence-corrected chi connectivity index (χ4v) is 2.87. The molecule has 1 aliphatic carbocycles. The van der Waals surface area contributed by atoms with E-state index in [-0.39, 0.29) is 17.6 Å². The summed E-state index contributed by atoms with van der Waals surface area (Å²) in [6.07, 6.45) is 14.4. The molecular weight excluding hydrogens is 419 g/mol. The minimum atomic E-state index is -2.83. The van der Waals surface area contributed by atoms with Crippen molar-refractivity contribution in [2.45, 2.75) is 40.0 Å². The van der Waals surface area contributed by atoms with Crippen molar-refractivity contribution in [3.63, 3.8) is 0 Å². The van der Waals surface area contributed by atoms with Crippen molar-refractivity contribution in [2.24, 2.45) is 10.9 Å². The minimum absolute atomic E-state index is 0.0334. The second-order valence-electron chi connectivity index (χ2n) is 7.17. The molecule has 4 N–H and O–H groups in total. The third-order valence-electron chi connectivity index (χ3n) is 4.11. The second kappa shape index (κ2) is 13.0. The Morgan fingerprint density at radius 2 is 2.06 bits per heavy atom. The van der Waals surface area contributed by atoms with Crippen LogP contribution in [0, 0.1) is 11.7 Å². The summed E-state index contributed by atoms with van der Waals surface area (Å²) >= 11 is 0. The molecule has 1 heterocycles. The van der Waals surface area contributed by atoms with Crippen molar-refractivity contribution >= 4 is 28.0 Å². The monoisotopic (exact) mass is 452 g/mol. The van der Waals surface area contributed by atoms with Crippen molar-refractivity contribution < 1.29 is 18.3 Å². The van der Waals surface area contributed by atoms with Gasteiger partial charge in [0, 0.05) is 54.8 Å². The molecule has 0 atom stereocenters. The standard InChI is InChI=1S/C17H22FN3.C5H11NO3S/c1-5-6-15(16-12-20-9-8-17(16)18)11-14(3)21-10-7-13(2)19-4;1-10(8,9)6-5(7)4-2-3-4/h6-12,21H,5H2,1-4H3;4,8-9H,2-3H2,1H3,(H,6,7)/b10-7-,14-11+,15-6?,19-13?;. The van der Waals surface area contributed by atoms with E-state index in [0.717, 1.165) is 36.2 Å². The SMILES string of the molecule is CCC=C(/C=C(\C)N/C=C\C(C)=NC)c1cnccc1F.CS(O)(O)NC(=O)C1CC1. The van der Waals surface area contributed by atoms with Gasteiger partial charge in [-0.05, 0) is 56.9 Å². The first-order valence-corrected chi connectivity index (χ1v) is 11.9. The molecule has 1 amide bonds. The van der Waals surface area contributed by atoms with Gasteiger partial charge in [-0.2, -0.15) is 0 Å². The molecule has 172 valence electrons. The zero-order valence-corrected chi connectivity index (χ0v) is 19.5. The number of nitrogens with zero attached hydrogens (tertiary/aromatic N) is 2. The molecule has 0 aromatic carbocycles. The maximum atomic E-state index is 13.9. The maximum Gasteiger partial charge on any atom is 0.241 e. The highest BCUT2D eigenvalue weighted by molar-refractivity contribution is 8.22. The van der Waals surface area contributed by atoms with Gasteiger partial charge in [0.2, 0.25) is 5.91 Å². The summed E-state index contributed by atoms with van der Waals surface area (Å²) in [5, 5.41) is 3.14. The molecular formula is C22H33FN4O3S. The molecule has 1 saturated carbocycles. The van der Waals surface area contributed by atoms with Crippen LogP contribution in [0.1, 0.15) is 45.6 Å². The van der Waals surface area contributed by atoms with E-state index in [2.05, 4.69) is 20.0 Å². The lowest BCUT2D eigenvalue weighted by Gasteiger charge is -2.27. The number of pyridine rings is 1. The highest BCUT2D eigenvalue weighted by Crippen LogP contribution is 2.34. The lowest BCUT2D eigenvalue weighted by molar-refractivity contribution is -0.120. The molecule has 1 aromatic rings. The Balaban J connectivity index is 0.000000399. The number of amides is 1. The second-order valence-corrected chi connectivity index (χ2v) is 9.04. The van der Waals surface area contributed by atoms with Gasteiger partial charge in [0.25, 0.3) is 0 Å². The predicted octanol–water partition coefficient (Wildman–Crippen LogP) is 4.92. The summed E-state index contributed by atoms with van der Waals surface area (Å²) in [7, 11) is -1.08. The Kier molecular flexibility index (Phi) is 11.2. The third kappa shape index (κ3) is 11.5.